The Balaban J connectivity index is 1.99. The summed E-state index contributed by atoms with van der Waals surface area (Å²) < 4.78 is 6.40. The SMILES string of the molecule is CCC(C)CN(Cc1ccc(OC)c(Br)c1)CC1CCC(CN)CC1. The van der Waals surface area contributed by atoms with Gasteiger partial charge in [-0.05, 0) is 83.6 Å². The minimum Gasteiger partial charge on any atom is -0.496 e. The normalized spacial score (nSPS) is 22.2. The largest absolute Gasteiger partial charge is 0.496 e. The third-order valence-electron chi connectivity index (χ3n) is 5.71. The molecule has 25 heavy (non-hydrogen) atoms. The molecule has 0 spiro atoms. The molecular weight excluding hydrogens is 376 g/mol. The van der Waals surface area contributed by atoms with Gasteiger partial charge in [0, 0.05) is 19.6 Å². The van der Waals surface area contributed by atoms with Gasteiger partial charge in [0.2, 0.25) is 0 Å². The van der Waals surface area contributed by atoms with E-state index in [1.807, 2.05) is 0 Å². The van der Waals surface area contributed by atoms with E-state index < -0.39 is 0 Å². The second kappa shape index (κ2) is 10.5. The Hall–Kier alpha value is -0.580. The summed E-state index contributed by atoms with van der Waals surface area (Å²) in [5, 5.41) is 0. The van der Waals surface area contributed by atoms with Crippen molar-refractivity contribution in [1.29, 1.82) is 0 Å². The Morgan fingerprint density at radius 3 is 2.48 bits per heavy atom. The number of benzene rings is 1. The molecule has 0 amide bonds. The van der Waals surface area contributed by atoms with Crippen LogP contribution in [0.25, 0.3) is 0 Å². The van der Waals surface area contributed by atoms with E-state index in [1.165, 1.54) is 50.8 Å². The maximum absolute atomic E-state index is 5.85. The fourth-order valence-corrected chi connectivity index (χ4v) is 4.44. The van der Waals surface area contributed by atoms with Crippen molar-refractivity contribution in [3.8, 4) is 5.75 Å². The predicted molar refractivity (Wildman–Crippen MR) is 110 cm³/mol. The van der Waals surface area contributed by atoms with Gasteiger partial charge in [-0.15, -0.1) is 0 Å². The molecule has 3 nitrogen and oxygen atoms in total. The lowest BCUT2D eigenvalue weighted by Gasteiger charge is -2.33. The number of ether oxygens (including phenoxy) is 1. The van der Waals surface area contributed by atoms with Crippen LogP contribution in [-0.2, 0) is 6.54 Å². The van der Waals surface area contributed by atoms with Crippen molar-refractivity contribution in [2.45, 2.75) is 52.5 Å². The number of rotatable bonds is 9. The van der Waals surface area contributed by atoms with Gasteiger partial charge in [0.15, 0.2) is 0 Å². The molecule has 0 aliphatic heterocycles. The molecule has 2 N–H and O–H groups in total. The summed E-state index contributed by atoms with van der Waals surface area (Å²) in [6, 6.07) is 6.46. The molecule has 1 aromatic rings. The molecule has 1 atom stereocenters. The Bertz CT molecular complexity index is 515. The van der Waals surface area contributed by atoms with Gasteiger partial charge >= 0.3 is 0 Å². The van der Waals surface area contributed by atoms with Crippen molar-refractivity contribution >= 4 is 15.9 Å². The summed E-state index contributed by atoms with van der Waals surface area (Å²) in [5.74, 6) is 3.23. The van der Waals surface area contributed by atoms with Crippen molar-refractivity contribution in [1.82, 2.24) is 4.90 Å². The molecule has 0 bridgehead atoms. The molecule has 0 heterocycles. The molecule has 4 heteroatoms. The van der Waals surface area contributed by atoms with Gasteiger partial charge in [0.05, 0.1) is 11.6 Å². The lowest BCUT2D eigenvalue weighted by molar-refractivity contribution is 0.158. The van der Waals surface area contributed by atoms with Crippen molar-refractivity contribution in [3.05, 3.63) is 28.2 Å². The topological polar surface area (TPSA) is 38.5 Å². The van der Waals surface area contributed by atoms with Gasteiger partial charge in [-0.1, -0.05) is 26.3 Å². The maximum Gasteiger partial charge on any atom is 0.133 e. The summed E-state index contributed by atoms with van der Waals surface area (Å²) in [7, 11) is 1.71. The Labute approximate surface area is 162 Å². The molecule has 1 aromatic carbocycles. The third kappa shape index (κ3) is 6.58. The van der Waals surface area contributed by atoms with Crippen molar-refractivity contribution < 1.29 is 4.74 Å². The van der Waals surface area contributed by atoms with Crippen LogP contribution in [-0.4, -0.2) is 31.6 Å². The van der Waals surface area contributed by atoms with Crippen LogP contribution in [0.4, 0.5) is 0 Å². The molecule has 2 rings (SSSR count). The number of nitrogens with two attached hydrogens (primary N) is 1. The zero-order valence-corrected chi connectivity index (χ0v) is 17.7. The van der Waals surface area contributed by atoms with E-state index in [4.69, 9.17) is 10.5 Å². The molecule has 1 aliphatic carbocycles. The first kappa shape index (κ1) is 20.7. The lowest BCUT2D eigenvalue weighted by atomic mass is 9.81. The van der Waals surface area contributed by atoms with E-state index in [1.54, 1.807) is 7.11 Å². The number of hydrogen-bond acceptors (Lipinski definition) is 3. The van der Waals surface area contributed by atoms with Gasteiger partial charge in [-0.3, -0.25) is 4.90 Å². The molecule has 0 saturated heterocycles. The van der Waals surface area contributed by atoms with Crippen molar-refractivity contribution in [2.24, 2.45) is 23.5 Å². The van der Waals surface area contributed by atoms with E-state index in [0.29, 0.717) is 0 Å². The molecular formula is C21H35BrN2O. The summed E-state index contributed by atoms with van der Waals surface area (Å²) in [4.78, 5) is 2.66. The zero-order valence-electron chi connectivity index (χ0n) is 16.1. The van der Waals surface area contributed by atoms with Crippen LogP contribution in [0.15, 0.2) is 22.7 Å². The highest BCUT2D eigenvalue weighted by Gasteiger charge is 2.23. The first-order valence-corrected chi connectivity index (χ1v) is 10.6. The predicted octanol–water partition coefficient (Wildman–Crippen LogP) is 5.07. The number of nitrogens with zero attached hydrogens (tertiary/aromatic N) is 1. The molecule has 1 aliphatic rings. The molecule has 1 fully saturated rings. The Morgan fingerprint density at radius 2 is 1.92 bits per heavy atom. The summed E-state index contributed by atoms with van der Waals surface area (Å²) in [6.07, 6.45) is 6.54. The molecule has 0 radical (unpaired) electrons. The summed E-state index contributed by atoms with van der Waals surface area (Å²) in [5.41, 5.74) is 7.20. The van der Waals surface area contributed by atoms with Crippen LogP contribution in [0.5, 0.6) is 5.75 Å². The summed E-state index contributed by atoms with van der Waals surface area (Å²) in [6.45, 7) is 8.93. The minimum absolute atomic E-state index is 0.738. The quantitative estimate of drug-likeness (QED) is 0.617. The van der Waals surface area contributed by atoms with Crippen LogP contribution in [0.3, 0.4) is 0 Å². The van der Waals surface area contributed by atoms with E-state index in [9.17, 15) is 0 Å². The van der Waals surface area contributed by atoms with Gasteiger partial charge < -0.3 is 10.5 Å². The van der Waals surface area contributed by atoms with Gasteiger partial charge in [-0.2, -0.15) is 0 Å². The fourth-order valence-electron chi connectivity index (χ4n) is 3.85. The minimum atomic E-state index is 0.738. The summed E-state index contributed by atoms with van der Waals surface area (Å²) >= 11 is 3.62. The highest BCUT2D eigenvalue weighted by molar-refractivity contribution is 9.10. The second-order valence-electron chi connectivity index (χ2n) is 7.80. The smallest absolute Gasteiger partial charge is 0.133 e. The molecule has 0 aromatic heterocycles. The van der Waals surface area contributed by atoms with Crippen LogP contribution >= 0.6 is 15.9 Å². The van der Waals surface area contributed by atoms with E-state index in [0.717, 1.165) is 41.1 Å². The van der Waals surface area contributed by atoms with Crippen LogP contribution in [0.1, 0.15) is 51.5 Å². The third-order valence-corrected chi connectivity index (χ3v) is 6.32. The second-order valence-corrected chi connectivity index (χ2v) is 8.65. The fraction of sp³-hybridized carbons (Fsp3) is 0.714. The van der Waals surface area contributed by atoms with Crippen LogP contribution in [0, 0.1) is 17.8 Å². The Morgan fingerprint density at radius 1 is 1.24 bits per heavy atom. The van der Waals surface area contributed by atoms with Crippen LogP contribution in [0.2, 0.25) is 0 Å². The van der Waals surface area contributed by atoms with Crippen molar-refractivity contribution in [3.63, 3.8) is 0 Å². The highest BCUT2D eigenvalue weighted by Crippen LogP contribution is 2.30. The van der Waals surface area contributed by atoms with E-state index in [2.05, 4.69) is 52.9 Å². The van der Waals surface area contributed by atoms with Gasteiger partial charge in [-0.25, -0.2) is 0 Å². The number of methoxy groups -OCH3 is 1. The monoisotopic (exact) mass is 410 g/mol. The van der Waals surface area contributed by atoms with E-state index >= 15 is 0 Å². The Kier molecular flexibility index (Phi) is 8.74. The molecule has 1 unspecified atom stereocenters. The zero-order chi connectivity index (χ0) is 18.2. The van der Waals surface area contributed by atoms with Crippen LogP contribution < -0.4 is 10.5 Å². The van der Waals surface area contributed by atoms with Crippen molar-refractivity contribution in [2.75, 3.05) is 26.7 Å². The first-order chi connectivity index (χ1) is 12.0. The first-order valence-electron chi connectivity index (χ1n) is 9.80. The molecule has 1 saturated carbocycles. The highest BCUT2D eigenvalue weighted by atomic mass is 79.9. The standard InChI is InChI=1S/C21H35BrN2O/c1-4-16(2)13-24(14-18-7-5-17(12-23)6-8-18)15-19-9-10-21(25-3)20(22)11-19/h9-11,16-18H,4-8,12-15,23H2,1-3H3. The van der Waals surface area contributed by atoms with E-state index in [-0.39, 0.29) is 0 Å². The number of hydrogen-bond donors (Lipinski definition) is 1. The average molecular weight is 411 g/mol. The van der Waals surface area contributed by atoms with Gasteiger partial charge in [0.1, 0.15) is 5.75 Å². The lowest BCUT2D eigenvalue weighted by Crippen LogP contribution is -2.35. The number of halogens is 1. The average Bonchev–Trinajstić information content (AvgIpc) is 2.62. The maximum atomic E-state index is 5.85. The molecule has 142 valence electrons. The van der Waals surface area contributed by atoms with Gasteiger partial charge in [0.25, 0.3) is 0 Å².